The highest BCUT2D eigenvalue weighted by Crippen LogP contribution is 2.38. The normalized spacial score (nSPS) is 11.0. The maximum Gasteiger partial charge on any atom is 0.416 e. The van der Waals surface area contributed by atoms with Crippen LogP contribution in [0, 0.1) is 17.0 Å². The number of rotatable bonds is 6. The van der Waals surface area contributed by atoms with Crippen molar-refractivity contribution < 1.29 is 37.2 Å². The van der Waals surface area contributed by atoms with Gasteiger partial charge in [0.1, 0.15) is 17.1 Å². The van der Waals surface area contributed by atoms with Crippen molar-refractivity contribution >= 4 is 29.4 Å². The Bertz CT molecular complexity index is 1030. The van der Waals surface area contributed by atoms with E-state index in [1.54, 1.807) is 6.92 Å². The first-order chi connectivity index (χ1) is 14.4. The predicted molar refractivity (Wildman–Crippen MR) is 103 cm³/mol. The highest BCUT2D eigenvalue weighted by atomic mass is 35.5. The van der Waals surface area contributed by atoms with E-state index in [0.29, 0.717) is 12.5 Å². The lowest BCUT2D eigenvalue weighted by molar-refractivity contribution is -0.385. The second-order valence-corrected chi connectivity index (χ2v) is 6.65. The van der Waals surface area contributed by atoms with Crippen molar-refractivity contribution in [1.29, 1.82) is 0 Å². The number of nitro benzene ring substituents is 1. The van der Waals surface area contributed by atoms with E-state index >= 15 is 0 Å². The molecule has 0 aliphatic rings. The van der Waals surface area contributed by atoms with Gasteiger partial charge in [0.05, 0.1) is 15.5 Å². The number of esters is 1. The molecule has 2 rings (SSSR count). The fraction of sp³-hybridized carbons (Fsp3) is 0.263. The first-order valence-corrected chi connectivity index (χ1v) is 9.15. The van der Waals surface area contributed by atoms with Crippen LogP contribution in [0.15, 0.2) is 30.3 Å². The standard InChI is InChI=1S/C19H16ClF3N2O6/c1-3-6-24-18(27)31-17(26)13-9-12(7-10(2)16(13)25(28)29)30-15-5-4-11(8-14(15)20)19(21,22)23/h4-5,7-9H,3,6H2,1-2H3,(H,24,27). The Morgan fingerprint density at radius 2 is 1.90 bits per heavy atom. The molecule has 2 aromatic carbocycles. The summed E-state index contributed by atoms with van der Waals surface area (Å²) in [6, 6.07) is 4.50. The fourth-order valence-corrected chi connectivity index (χ4v) is 2.71. The molecular formula is C19H16ClF3N2O6. The van der Waals surface area contributed by atoms with Gasteiger partial charge in [0.2, 0.25) is 0 Å². The number of carbonyl (C=O) groups is 2. The van der Waals surface area contributed by atoms with Crippen LogP contribution in [-0.2, 0) is 10.9 Å². The Morgan fingerprint density at radius 3 is 2.45 bits per heavy atom. The van der Waals surface area contributed by atoms with Crippen LogP contribution >= 0.6 is 11.6 Å². The van der Waals surface area contributed by atoms with E-state index < -0.39 is 40.0 Å². The minimum atomic E-state index is -4.61. The maximum absolute atomic E-state index is 12.8. The van der Waals surface area contributed by atoms with Gasteiger partial charge in [-0.2, -0.15) is 13.2 Å². The molecule has 0 aromatic heterocycles. The summed E-state index contributed by atoms with van der Waals surface area (Å²) < 4.78 is 48.3. The van der Waals surface area contributed by atoms with E-state index in [0.717, 1.165) is 18.2 Å². The molecule has 0 saturated carbocycles. The minimum absolute atomic E-state index is 0.00792. The molecule has 8 nitrogen and oxygen atoms in total. The number of carbonyl (C=O) groups excluding carboxylic acids is 2. The van der Waals surface area contributed by atoms with Crippen molar-refractivity contribution in [3.05, 3.63) is 62.2 Å². The van der Waals surface area contributed by atoms with Gasteiger partial charge in [-0.1, -0.05) is 18.5 Å². The zero-order valence-electron chi connectivity index (χ0n) is 16.2. The molecule has 0 bridgehead atoms. The molecule has 0 radical (unpaired) electrons. The molecule has 12 heteroatoms. The number of ether oxygens (including phenoxy) is 2. The summed E-state index contributed by atoms with van der Waals surface area (Å²) in [6.45, 7) is 3.31. The molecule has 0 unspecified atom stereocenters. The van der Waals surface area contributed by atoms with Gasteiger partial charge in [0, 0.05) is 18.2 Å². The van der Waals surface area contributed by atoms with E-state index in [-0.39, 0.29) is 28.6 Å². The Balaban J connectivity index is 2.39. The summed E-state index contributed by atoms with van der Waals surface area (Å²) >= 11 is 5.85. The molecule has 1 amide bonds. The molecule has 31 heavy (non-hydrogen) atoms. The SMILES string of the molecule is CCCNC(=O)OC(=O)c1cc(Oc2ccc(C(F)(F)F)cc2Cl)cc(C)c1[N+](=O)[O-]. The van der Waals surface area contributed by atoms with E-state index in [4.69, 9.17) is 16.3 Å². The number of nitrogens with one attached hydrogen (secondary N) is 1. The fourth-order valence-electron chi connectivity index (χ4n) is 2.49. The smallest absolute Gasteiger partial charge is 0.416 e. The van der Waals surface area contributed by atoms with Crippen LogP contribution in [-0.4, -0.2) is 23.5 Å². The average molecular weight is 461 g/mol. The number of alkyl carbamates (subject to hydrolysis) is 1. The van der Waals surface area contributed by atoms with Crippen molar-refractivity contribution in [2.75, 3.05) is 6.54 Å². The van der Waals surface area contributed by atoms with Crippen molar-refractivity contribution in [1.82, 2.24) is 5.32 Å². The number of aryl methyl sites for hydroxylation is 1. The predicted octanol–water partition coefficient (Wildman–Crippen LogP) is 5.64. The summed E-state index contributed by atoms with van der Waals surface area (Å²) in [5, 5.41) is 13.3. The summed E-state index contributed by atoms with van der Waals surface area (Å²) in [4.78, 5) is 34.5. The van der Waals surface area contributed by atoms with Crippen LogP contribution in [0.5, 0.6) is 11.5 Å². The molecule has 0 heterocycles. The minimum Gasteiger partial charge on any atom is -0.456 e. The second kappa shape index (κ2) is 9.65. The number of hydrogen-bond donors (Lipinski definition) is 1. The second-order valence-electron chi connectivity index (χ2n) is 6.24. The zero-order chi connectivity index (χ0) is 23.3. The first-order valence-electron chi connectivity index (χ1n) is 8.77. The number of alkyl halides is 3. The number of nitro groups is 1. The molecule has 0 fully saturated rings. The summed E-state index contributed by atoms with van der Waals surface area (Å²) in [6.07, 6.45) is -5.13. The molecular weight excluding hydrogens is 445 g/mol. The van der Waals surface area contributed by atoms with Gasteiger partial charge in [-0.05, 0) is 37.6 Å². The van der Waals surface area contributed by atoms with Gasteiger partial charge in [-0.15, -0.1) is 0 Å². The van der Waals surface area contributed by atoms with E-state index in [9.17, 15) is 32.9 Å². The molecule has 0 saturated heterocycles. The largest absolute Gasteiger partial charge is 0.456 e. The van der Waals surface area contributed by atoms with E-state index in [1.165, 1.54) is 13.0 Å². The van der Waals surface area contributed by atoms with Gasteiger partial charge in [-0.3, -0.25) is 10.1 Å². The van der Waals surface area contributed by atoms with Gasteiger partial charge in [0.25, 0.3) is 5.69 Å². The third-order valence-electron chi connectivity index (χ3n) is 3.87. The quantitative estimate of drug-likeness (QED) is 0.258. The van der Waals surface area contributed by atoms with Crippen molar-refractivity contribution in [3.63, 3.8) is 0 Å². The van der Waals surface area contributed by atoms with E-state index in [1.807, 2.05) is 0 Å². The molecule has 2 aromatic rings. The third kappa shape index (κ3) is 6.07. The van der Waals surface area contributed by atoms with Crippen LogP contribution in [0.2, 0.25) is 5.02 Å². The topological polar surface area (TPSA) is 108 Å². The lowest BCUT2D eigenvalue weighted by Crippen LogP contribution is -2.27. The van der Waals surface area contributed by atoms with Crippen molar-refractivity contribution in [2.24, 2.45) is 0 Å². The number of nitrogens with zero attached hydrogens (tertiary/aromatic N) is 1. The number of hydrogen-bond acceptors (Lipinski definition) is 6. The molecule has 0 atom stereocenters. The maximum atomic E-state index is 12.8. The summed E-state index contributed by atoms with van der Waals surface area (Å²) in [5.41, 5.74) is -2.19. The number of halogens is 4. The zero-order valence-corrected chi connectivity index (χ0v) is 17.0. The van der Waals surface area contributed by atoms with Crippen molar-refractivity contribution in [2.45, 2.75) is 26.4 Å². The van der Waals surface area contributed by atoms with Crippen LogP contribution in [0.1, 0.15) is 34.8 Å². The summed E-state index contributed by atoms with van der Waals surface area (Å²) in [5.74, 6) is -1.61. The Kier molecular flexibility index (Phi) is 7.45. The number of benzene rings is 2. The third-order valence-corrected chi connectivity index (χ3v) is 4.16. The lowest BCUT2D eigenvalue weighted by Gasteiger charge is -2.13. The highest BCUT2D eigenvalue weighted by molar-refractivity contribution is 6.32. The molecule has 0 aliphatic heterocycles. The summed E-state index contributed by atoms with van der Waals surface area (Å²) in [7, 11) is 0. The van der Waals surface area contributed by atoms with E-state index in [2.05, 4.69) is 10.1 Å². The van der Waals surface area contributed by atoms with Crippen LogP contribution in [0.3, 0.4) is 0 Å². The van der Waals surface area contributed by atoms with Gasteiger partial charge in [-0.25, -0.2) is 9.59 Å². The monoisotopic (exact) mass is 460 g/mol. The van der Waals surface area contributed by atoms with Crippen LogP contribution in [0.4, 0.5) is 23.7 Å². The molecule has 1 N–H and O–H groups in total. The Morgan fingerprint density at radius 1 is 1.23 bits per heavy atom. The Labute approximate surface area is 179 Å². The van der Waals surface area contributed by atoms with Crippen LogP contribution in [0.25, 0.3) is 0 Å². The van der Waals surface area contributed by atoms with Gasteiger partial charge >= 0.3 is 18.2 Å². The first kappa shape index (κ1) is 23.9. The van der Waals surface area contributed by atoms with Crippen molar-refractivity contribution in [3.8, 4) is 11.5 Å². The highest BCUT2D eigenvalue weighted by Gasteiger charge is 2.31. The Hall–Kier alpha value is -3.34. The van der Waals surface area contributed by atoms with Crippen LogP contribution < -0.4 is 10.1 Å². The molecule has 0 spiro atoms. The molecule has 0 aliphatic carbocycles. The molecule has 166 valence electrons. The van der Waals surface area contributed by atoms with Gasteiger partial charge in [0.15, 0.2) is 0 Å². The average Bonchev–Trinajstić information content (AvgIpc) is 2.66. The lowest BCUT2D eigenvalue weighted by atomic mass is 10.1. The van der Waals surface area contributed by atoms with Gasteiger partial charge < -0.3 is 14.8 Å². The number of amides is 1.